The van der Waals surface area contributed by atoms with Crippen molar-refractivity contribution in [1.82, 2.24) is 4.98 Å². The molecule has 0 bridgehead atoms. The van der Waals surface area contributed by atoms with E-state index in [1.807, 2.05) is 12.1 Å². The van der Waals surface area contributed by atoms with E-state index in [-0.39, 0.29) is 0 Å². The summed E-state index contributed by atoms with van der Waals surface area (Å²) in [5.41, 5.74) is 4.77. The van der Waals surface area contributed by atoms with Crippen molar-refractivity contribution in [3.63, 3.8) is 0 Å². The van der Waals surface area contributed by atoms with Crippen LogP contribution in [-0.2, 0) is 5.75 Å². The number of aliphatic hydroxyl groups is 1. The Balaban J connectivity index is 2.14. The Kier molecular flexibility index (Phi) is 4.61. The molecule has 0 radical (unpaired) electrons. The van der Waals surface area contributed by atoms with Crippen molar-refractivity contribution in [3.05, 3.63) is 58.8 Å². The van der Waals surface area contributed by atoms with Crippen LogP contribution >= 0.6 is 11.8 Å². The summed E-state index contributed by atoms with van der Waals surface area (Å²) in [7, 11) is 0. The quantitative estimate of drug-likeness (QED) is 0.853. The SMILES string of the molecule is Cc1cc(C)cc(CSc2ncccc2[C@@H](C)O)c1. The van der Waals surface area contributed by atoms with Crippen molar-refractivity contribution in [2.45, 2.75) is 37.7 Å². The first-order valence-electron chi connectivity index (χ1n) is 6.39. The highest BCUT2D eigenvalue weighted by molar-refractivity contribution is 7.98. The molecule has 0 unspecified atom stereocenters. The average molecular weight is 273 g/mol. The molecule has 1 heterocycles. The summed E-state index contributed by atoms with van der Waals surface area (Å²) in [5.74, 6) is 0.874. The van der Waals surface area contributed by atoms with E-state index in [1.165, 1.54) is 16.7 Å². The van der Waals surface area contributed by atoms with Gasteiger partial charge in [-0.1, -0.05) is 35.4 Å². The molecule has 0 amide bonds. The van der Waals surface area contributed by atoms with Gasteiger partial charge in [0.15, 0.2) is 0 Å². The molecule has 0 aliphatic carbocycles. The van der Waals surface area contributed by atoms with E-state index in [2.05, 4.69) is 37.0 Å². The van der Waals surface area contributed by atoms with Crippen molar-refractivity contribution in [2.24, 2.45) is 0 Å². The monoisotopic (exact) mass is 273 g/mol. The molecular weight excluding hydrogens is 254 g/mol. The third-order valence-electron chi connectivity index (χ3n) is 2.91. The van der Waals surface area contributed by atoms with Gasteiger partial charge in [-0.15, -0.1) is 11.8 Å². The van der Waals surface area contributed by atoms with Crippen molar-refractivity contribution in [3.8, 4) is 0 Å². The number of pyridine rings is 1. The summed E-state index contributed by atoms with van der Waals surface area (Å²) in [6.45, 7) is 6.00. The highest BCUT2D eigenvalue weighted by Crippen LogP contribution is 2.28. The zero-order chi connectivity index (χ0) is 13.8. The van der Waals surface area contributed by atoms with E-state index in [1.54, 1.807) is 24.9 Å². The van der Waals surface area contributed by atoms with Gasteiger partial charge >= 0.3 is 0 Å². The molecule has 19 heavy (non-hydrogen) atoms. The predicted molar refractivity (Wildman–Crippen MR) is 80.3 cm³/mol. The van der Waals surface area contributed by atoms with Crippen LogP contribution in [0.15, 0.2) is 41.6 Å². The topological polar surface area (TPSA) is 33.1 Å². The minimum absolute atomic E-state index is 0.476. The summed E-state index contributed by atoms with van der Waals surface area (Å²) in [5, 5.41) is 10.7. The standard InChI is InChI=1S/C16H19NOS/c1-11-7-12(2)9-14(8-11)10-19-16-15(13(3)18)5-4-6-17-16/h4-9,13,18H,10H2,1-3H3/t13-/m1/s1. The number of hydrogen-bond donors (Lipinski definition) is 1. The fourth-order valence-electron chi connectivity index (χ4n) is 2.15. The van der Waals surface area contributed by atoms with Crippen molar-refractivity contribution < 1.29 is 5.11 Å². The highest BCUT2D eigenvalue weighted by Gasteiger charge is 2.09. The van der Waals surface area contributed by atoms with Gasteiger partial charge in [-0.2, -0.15) is 0 Å². The maximum absolute atomic E-state index is 9.74. The van der Waals surface area contributed by atoms with E-state index in [4.69, 9.17) is 0 Å². The summed E-state index contributed by atoms with van der Waals surface area (Å²) in [6.07, 6.45) is 1.30. The molecule has 2 aromatic rings. The zero-order valence-corrected chi connectivity index (χ0v) is 12.4. The third kappa shape index (κ3) is 3.82. The van der Waals surface area contributed by atoms with Gasteiger partial charge in [0.1, 0.15) is 5.03 Å². The van der Waals surface area contributed by atoms with Crippen LogP contribution in [-0.4, -0.2) is 10.1 Å². The number of aryl methyl sites for hydroxylation is 2. The lowest BCUT2D eigenvalue weighted by Crippen LogP contribution is -1.96. The number of aromatic nitrogens is 1. The Labute approximate surface area is 118 Å². The molecule has 0 fully saturated rings. The molecule has 1 atom stereocenters. The second-order valence-electron chi connectivity index (χ2n) is 4.86. The van der Waals surface area contributed by atoms with Gasteiger partial charge in [0.2, 0.25) is 0 Å². The molecule has 0 aliphatic heterocycles. The molecule has 0 aliphatic rings. The second-order valence-corrected chi connectivity index (χ2v) is 5.82. The molecule has 2 nitrogen and oxygen atoms in total. The van der Waals surface area contributed by atoms with Gasteiger partial charge in [0.25, 0.3) is 0 Å². The van der Waals surface area contributed by atoms with E-state index >= 15 is 0 Å². The summed E-state index contributed by atoms with van der Waals surface area (Å²) in [6, 6.07) is 10.4. The minimum Gasteiger partial charge on any atom is -0.389 e. The first kappa shape index (κ1) is 14.1. The summed E-state index contributed by atoms with van der Waals surface area (Å²) in [4.78, 5) is 4.36. The maximum Gasteiger partial charge on any atom is 0.102 e. The van der Waals surface area contributed by atoms with Crippen molar-refractivity contribution >= 4 is 11.8 Å². The molecular formula is C16H19NOS. The number of rotatable bonds is 4. The van der Waals surface area contributed by atoms with Crippen LogP contribution in [0.5, 0.6) is 0 Å². The van der Waals surface area contributed by atoms with Crippen LogP contribution in [0.2, 0.25) is 0 Å². The van der Waals surface area contributed by atoms with Gasteiger partial charge in [-0.25, -0.2) is 4.98 Å². The van der Waals surface area contributed by atoms with E-state index < -0.39 is 6.10 Å². The molecule has 1 aromatic heterocycles. The third-order valence-corrected chi connectivity index (χ3v) is 4.00. The molecule has 2 rings (SSSR count). The fourth-order valence-corrected chi connectivity index (χ4v) is 3.16. The Morgan fingerprint density at radius 2 is 1.89 bits per heavy atom. The highest BCUT2D eigenvalue weighted by atomic mass is 32.2. The largest absolute Gasteiger partial charge is 0.389 e. The van der Waals surface area contributed by atoms with Crippen LogP contribution in [0.3, 0.4) is 0 Å². The number of benzene rings is 1. The number of nitrogens with zero attached hydrogens (tertiary/aromatic N) is 1. The summed E-state index contributed by atoms with van der Waals surface area (Å²) >= 11 is 1.67. The lowest BCUT2D eigenvalue weighted by molar-refractivity contribution is 0.195. The van der Waals surface area contributed by atoms with E-state index in [0.717, 1.165) is 16.3 Å². The lowest BCUT2D eigenvalue weighted by Gasteiger charge is -2.10. The Morgan fingerprint density at radius 1 is 1.21 bits per heavy atom. The van der Waals surface area contributed by atoms with Crippen molar-refractivity contribution in [1.29, 1.82) is 0 Å². The second kappa shape index (κ2) is 6.22. The molecule has 100 valence electrons. The lowest BCUT2D eigenvalue weighted by atomic mass is 10.1. The van der Waals surface area contributed by atoms with Crippen LogP contribution in [0, 0.1) is 13.8 Å². The van der Waals surface area contributed by atoms with Gasteiger partial charge in [-0.3, -0.25) is 0 Å². The van der Waals surface area contributed by atoms with Gasteiger partial charge < -0.3 is 5.11 Å². The fraction of sp³-hybridized carbons (Fsp3) is 0.312. The van der Waals surface area contributed by atoms with Crippen LogP contribution in [0.25, 0.3) is 0 Å². The average Bonchev–Trinajstić information content (AvgIpc) is 2.35. The smallest absolute Gasteiger partial charge is 0.102 e. The Morgan fingerprint density at radius 3 is 2.53 bits per heavy atom. The molecule has 0 saturated heterocycles. The number of aliphatic hydroxyl groups excluding tert-OH is 1. The minimum atomic E-state index is -0.476. The van der Waals surface area contributed by atoms with Crippen LogP contribution in [0.1, 0.15) is 35.3 Å². The van der Waals surface area contributed by atoms with Crippen molar-refractivity contribution in [2.75, 3.05) is 0 Å². The first-order chi connectivity index (χ1) is 9.06. The van der Waals surface area contributed by atoms with Crippen LogP contribution in [0.4, 0.5) is 0 Å². The van der Waals surface area contributed by atoms with Crippen LogP contribution < -0.4 is 0 Å². The summed E-state index contributed by atoms with van der Waals surface area (Å²) < 4.78 is 0. The normalized spacial score (nSPS) is 12.4. The van der Waals surface area contributed by atoms with Gasteiger partial charge in [-0.05, 0) is 32.4 Å². The molecule has 0 spiro atoms. The van der Waals surface area contributed by atoms with Gasteiger partial charge in [0.05, 0.1) is 6.10 Å². The number of thioether (sulfide) groups is 1. The van der Waals surface area contributed by atoms with E-state index in [0.29, 0.717) is 0 Å². The first-order valence-corrected chi connectivity index (χ1v) is 7.38. The van der Waals surface area contributed by atoms with Gasteiger partial charge in [0, 0.05) is 17.5 Å². The Hall–Kier alpha value is -1.32. The maximum atomic E-state index is 9.74. The predicted octanol–water partition coefficient (Wildman–Crippen LogP) is 4.04. The molecule has 1 N–H and O–H groups in total. The molecule has 0 saturated carbocycles. The molecule has 3 heteroatoms. The van der Waals surface area contributed by atoms with E-state index in [9.17, 15) is 5.11 Å². The molecule has 1 aromatic carbocycles. The number of hydrogen-bond acceptors (Lipinski definition) is 3. The zero-order valence-electron chi connectivity index (χ0n) is 11.6. The Bertz CT molecular complexity index is 546.